The normalized spacial score (nSPS) is 20.8. The van der Waals surface area contributed by atoms with E-state index < -0.39 is 10.9 Å². The number of thiol groups is 1. The molecular weight excluding hydrogens is 521 g/mol. The molecule has 2 aliphatic rings. The number of hydrogen-bond acceptors (Lipinski definition) is 8. The van der Waals surface area contributed by atoms with Gasteiger partial charge in [-0.05, 0) is 49.9 Å². The third-order valence-electron chi connectivity index (χ3n) is 7.12. The van der Waals surface area contributed by atoms with Crippen LogP contribution in [0.4, 0.5) is 23.1 Å². The van der Waals surface area contributed by atoms with Gasteiger partial charge in [-0.3, -0.25) is 4.90 Å². The molecule has 0 radical (unpaired) electrons. The van der Waals surface area contributed by atoms with Crippen molar-refractivity contribution >= 4 is 57.2 Å². The third kappa shape index (κ3) is 6.72. The van der Waals surface area contributed by atoms with Crippen LogP contribution < -0.4 is 20.3 Å². The van der Waals surface area contributed by atoms with Crippen LogP contribution in [0.1, 0.15) is 45.1 Å². The predicted molar refractivity (Wildman–Crippen MR) is 148 cm³/mol. The Labute approximate surface area is 225 Å². The average molecular weight is 557 g/mol. The molecule has 9 nitrogen and oxygen atoms in total. The molecule has 0 amide bonds. The lowest BCUT2D eigenvalue weighted by Crippen LogP contribution is -2.38. The Morgan fingerprint density at radius 1 is 1.08 bits per heavy atom. The Hall–Kier alpha value is -1.85. The topological polar surface area (TPSA) is 102 Å². The van der Waals surface area contributed by atoms with Gasteiger partial charge in [-0.15, -0.1) is 0 Å². The van der Waals surface area contributed by atoms with Crippen LogP contribution in [0, 0.1) is 5.92 Å². The molecule has 12 heteroatoms. The SMILES string of the molecule is CCN1CCN(CC)c2cc(Nc3ncc(Cl)c(N[C@@H]4CCCC[C@@H]4CN[SH](=O)=O)n3)c(Cl)cc2C1. The van der Waals surface area contributed by atoms with E-state index in [2.05, 4.69) is 55.0 Å². The zero-order valence-electron chi connectivity index (χ0n) is 20.8. The fourth-order valence-electron chi connectivity index (χ4n) is 5.08. The number of anilines is 4. The van der Waals surface area contributed by atoms with E-state index >= 15 is 0 Å². The quantitative estimate of drug-likeness (QED) is 0.340. The molecule has 3 N–H and O–H groups in total. The zero-order valence-corrected chi connectivity index (χ0v) is 23.2. The number of halogens is 2. The second-order valence-electron chi connectivity index (χ2n) is 9.34. The minimum Gasteiger partial charge on any atom is -0.370 e. The van der Waals surface area contributed by atoms with Gasteiger partial charge >= 0.3 is 0 Å². The van der Waals surface area contributed by atoms with E-state index in [9.17, 15) is 8.42 Å². The van der Waals surface area contributed by atoms with Gasteiger partial charge in [0.15, 0.2) is 5.82 Å². The van der Waals surface area contributed by atoms with Crippen molar-refractivity contribution in [2.24, 2.45) is 5.92 Å². The predicted octanol–water partition coefficient (Wildman–Crippen LogP) is 4.28. The number of fused-ring (bicyclic) bond motifs is 1. The molecule has 1 aliphatic carbocycles. The lowest BCUT2D eigenvalue weighted by molar-refractivity contribution is 0.293. The molecular formula is C24H35Cl2N7O2S. The van der Waals surface area contributed by atoms with Gasteiger partial charge in [-0.25, -0.2) is 18.1 Å². The summed E-state index contributed by atoms with van der Waals surface area (Å²) in [4.78, 5) is 13.8. The lowest BCUT2D eigenvalue weighted by atomic mass is 9.84. The molecule has 0 spiro atoms. The smallest absolute Gasteiger partial charge is 0.229 e. The summed E-state index contributed by atoms with van der Waals surface area (Å²) in [7, 11) is -2.62. The number of benzene rings is 1. The van der Waals surface area contributed by atoms with E-state index in [1.165, 1.54) is 11.3 Å². The van der Waals surface area contributed by atoms with Gasteiger partial charge in [0.2, 0.25) is 16.8 Å². The summed E-state index contributed by atoms with van der Waals surface area (Å²) >= 11 is 13.1. The number of likely N-dealkylation sites (N-methyl/N-ethyl adjacent to an activating group) is 2. The molecule has 2 heterocycles. The fourth-order valence-corrected chi connectivity index (χ4v) is 5.84. The van der Waals surface area contributed by atoms with Gasteiger partial charge in [-0.1, -0.05) is 43.0 Å². The van der Waals surface area contributed by atoms with E-state index in [0.717, 1.165) is 64.1 Å². The summed E-state index contributed by atoms with van der Waals surface area (Å²) < 4.78 is 24.6. The second kappa shape index (κ2) is 12.6. The van der Waals surface area contributed by atoms with E-state index in [0.29, 0.717) is 28.4 Å². The Morgan fingerprint density at radius 2 is 1.89 bits per heavy atom. The van der Waals surface area contributed by atoms with Crippen molar-refractivity contribution in [2.75, 3.05) is 48.3 Å². The minimum atomic E-state index is -2.62. The zero-order chi connectivity index (χ0) is 25.7. The summed E-state index contributed by atoms with van der Waals surface area (Å²) in [5.41, 5.74) is 3.12. The molecule has 1 aliphatic heterocycles. The van der Waals surface area contributed by atoms with Gasteiger partial charge in [0.05, 0.1) is 16.9 Å². The van der Waals surface area contributed by atoms with Gasteiger partial charge in [0.25, 0.3) is 0 Å². The monoisotopic (exact) mass is 555 g/mol. The maximum Gasteiger partial charge on any atom is 0.229 e. The van der Waals surface area contributed by atoms with Crippen LogP contribution in [0.3, 0.4) is 0 Å². The number of aromatic nitrogens is 2. The maximum absolute atomic E-state index is 11.0. The number of nitrogens with zero attached hydrogens (tertiary/aromatic N) is 4. The highest BCUT2D eigenvalue weighted by atomic mass is 35.5. The van der Waals surface area contributed by atoms with Crippen molar-refractivity contribution in [2.45, 2.75) is 52.1 Å². The highest BCUT2D eigenvalue weighted by Crippen LogP contribution is 2.36. The molecule has 1 aromatic carbocycles. The first kappa shape index (κ1) is 27.2. The van der Waals surface area contributed by atoms with Crippen LogP contribution in [-0.4, -0.2) is 62.1 Å². The van der Waals surface area contributed by atoms with Crippen molar-refractivity contribution in [3.05, 3.63) is 33.9 Å². The Balaban J connectivity index is 1.55. The standard InChI is InChI=1S/C24H35Cl2N7O2S/c1-3-32-9-10-33(4-2)22-12-21(18(25)11-17(22)15-32)30-24-27-14-19(26)23(31-24)29-20-8-6-5-7-16(20)13-28-36(34)35/h11-12,14,16,20,36H,3-10,13,15H2,1-2H3,(H,28,34,35)(H2,27,29,30,31)/t16-,20-/m1/s1. The van der Waals surface area contributed by atoms with Gasteiger partial charge in [0, 0.05) is 44.5 Å². The molecule has 1 fully saturated rings. The minimum absolute atomic E-state index is 0.0668. The molecule has 0 saturated heterocycles. The van der Waals surface area contributed by atoms with Crippen LogP contribution in [0.5, 0.6) is 0 Å². The van der Waals surface area contributed by atoms with Gasteiger partial charge in [-0.2, -0.15) is 4.98 Å². The van der Waals surface area contributed by atoms with Crippen LogP contribution in [0.15, 0.2) is 18.3 Å². The van der Waals surface area contributed by atoms with E-state index in [4.69, 9.17) is 23.2 Å². The van der Waals surface area contributed by atoms with Crippen molar-refractivity contribution in [3.63, 3.8) is 0 Å². The van der Waals surface area contributed by atoms with Crippen molar-refractivity contribution in [1.82, 2.24) is 19.6 Å². The first-order valence-electron chi connectivity index (χ1n) is 12.6. The summed E-state index contributed by atoms with van der Waals surface area (Å²) in [5, 5.41) is 7.75. The van der Waals surface area contributed by atoms with E-state index in [1.54, 1.807) is 6.20 Å². The molecule has 198 valence electrons. The number of rotatable bonds is 9. The molecule has 1 saturated carbocycles. The first-order chi connectivity index (χ1) is 17.4. The van der Waals surface area contributed by atoms with E-state index in [1.807, 2.05) is 6.07 Å². The summed E-state index contributed by atoms with van der Waals surface area (Å²) in [5.74, 6) is 1.08. The Kier molecular flexibility index (Phi) is 9.52. The molecule has 1 aromatic heterocycles. The van der Waals surface area contributed by atoms with Crippen LogP contribution in [0.25, 0.3) is 0 Å². The third-order valence-corrected chi connectivity index (χ3v) is 8.15. The molecule has 0 unspecified atom stereocenters. The average Bonchev–Trinajstić information content (AvgIpc) is 3.04. The summed E-state index contributed by atoms with van der Waals surface area (Å²) in [6, 6.07) is 4.18. The van der Waals surface area contributed by atoms with Crippen molar-refractivity contribution in [3.8, 4) is 0 Å². The van der Waals surface area contributed by atoms with Gasteiger partial charge in [0.1, 0.15) is 5.02 Å². The Bertz CT molecular complexity index is 1130. The lowest BCUT2D eigenvalue weighted by Gasteiger charge is -2.32. The Morgan fingerprint density at radius 3 is 2.64 bits per heavy atom. The van der Waals surface area contributed by atoms with E-state index in [-0.39, 0.29) is 12.0 Å². The molecule has 4 rings (SSSR count). The molecule has 36 heavy (non-hydrogen) atoms. The van der Waals surface area contributed by atoms with Gasteiger partial charge < -0.3 is 15.5 Å². The summed E-state index contributed by atoms with van der Waals surface area (Å²) in [6.07, 6.45) is 5.57. The molecule has 2 aromatic rings. The largest absolute Gasteiger partial charge is 0.370 e. The second-order valence-corrected chi connectivity index (χ2v) is 11.0. The highest BCUT2D eigenvalue weighted by molar-refractivity contribution is 7.70. The van der Waals surface area contributed by atoms with Crippen molar-refractivity contribution in [1.29, 1.82) is 0 Å². The molecule has 0 bridgehead atoms. The highest BCUT2D eigenvalue weighted by Gasteiger charge is 2.26. The maximum atomic E-state index is 11.0. The van der Waals surface area contributed by atoms with Crippen LogP contribution >= 0.6 is 23.2 Å². The van der Waals surface area contributed by atoms with Crippen LogP contribution in [-0.2, 0) is 17.4 Å². The summed E-state index contributed by atoms with van der Waals surface area (Å²) in [6.45, 7) is 9.49. The number of nitrogens with one attached hydrogen (secondary N) is 3. The van der Waals surface area contributed by atoms with Crippen LogP contribution in [0.2, 0.25) is 10.0 Å². The number of hydrogen-bond donors (Lipinski definition) is 4. The first-order valence-corrected chi connectivity index (χ1v) is 14.5. The molecule has 2 atom stereocenters. The van der Waals surface area contributed by atoms with Crippen molar-refractivity contribution < 1.29 is 8.42 Å². The fraction of sp³-hybridized carbons (Fsp3) is 0.583.